The number of hydrogen-bond donors (Lipinski definition) is 1. The lowest BCUT2D eigenvalue weighted by molar-refractivity contribution is -0.137. The molecular weight excluding hydrogens is 224 g/mol. The molecule has 4 heteroatoms. The van der Waals surface area contributed by atoms with Gasteiger partial charge in [-0.25, -0.2) is 0 Å². The van der Waals surface area contributed by atoms with Crippen molar-refractivity contribution in [1.82, 2.24) is 0 Å². The Labute approximate surface area is 100.0 Å². The highest BCUT2D eigenvalue weighted by Gasteiger charge is 2.42. The predicted octanol–water partition coefficient (Wildman–Crippen LogP) is 2.34. The van der Waals surface area contributed by atoms with Gasteiger partial charge in [-0.2, -0.15) is 11.8 Å². The first-order valence-corrected chi connectivity index (χ1v) is 7.07. The van der Waals surface area contributed by atoms with Crippen molar-refractivity contribution >= 4 is 23.5 Å². The maximum absolute atomic E-state index is 11.3. The van der Waals surface area contributed by atoms with Crippen molar-refractivity contribution in [3.8, 4) is 0 Å². The summed E-state index contributed by atoms with van der Waals surface area (Å²) in [7, 11) is 0. The maximum Gasteiger partial charge on any atom is 0.303 e. The van der Waals surface area contributed by atoms with E-state index in [1.54, 1.807) is 0 Å². The fraction of sp³-hybridized carbons (Fsp3) is 0.833. The third kappa shape index (κ3) is 2.78. The summed E-state index contributed by atoms with van der Waals surface area (Å²) in [5.41, 5.74) is 0. The number of thioether (sulfide) groups is 1. The second kappa shape index (κ2) is 5.21. The zero-order valence-electron chi connectivity index (χ0n) is 9.35. The number of aliphatic carboxylic acids is 1. The van der Waals surface area contributed by atoms with Gasteiger partial charge in [-0.1, -0.05) is 6.42 Å². The molecule has 1 heterocycles. The Bertz CT molecular complexity index is 290. The van der Waals surface area contributed by atoms with E-state index in [9.17, 15) is 9.59 Å². The smallest absolute Gasteiger partial charge is 0.303 e. The molecule has 3 nitrogen and oxygen atoms in total. The molecule has 0 aromatic heterocycles. The average molecular weight is 242 g/mol. The van der Waals surface area contributed by atoms with Crippen molar-refractivity contribution in [3.63, 3.8) is 0 Å². The average Bonchev–Trinajstić information content (AvgIpc) is 2.72. The molecule has 1 aliphatic heterocycles. The van der Waals surface area contributed by atoms with Crippen LogP contribution in [0.2, 0.25) is 0 Å². The zero-order chi connectivity index (χ0) is 11.5. The van der Waals surface area contributed by atoms with Gasteiger partial charge in [0.25, 0.3) is 0 Å². The van der Waals surface area contributed by atoms with Crippen LogP contribution in [0.5, 0.6) is 0 Å². The van der Waals surface area contributed by atoms with Gasteiger partial charge in [-0.3, -0.25) is 9.59 Å². The minimum atomic E-state index is -0.701. The molecule has 1 saturated carbocycles. The van der Waals surface area contributed by atoms with E-state index in [2.05, 4.69) is 0 Å². The van der Waals surface area contributed by atoms with E-state index < -0.39 is 5.97 Å². The van der Waals surface area contributed by atoms with Crippen molar-refractivity contribution in [3.05, 3.63) is 0 Å². The SMILES string of the molecule is O=C(O)CCCC[C@@H]1SCC2CC(=O)C[C@H]21. The van der Waals surface area contributed by atoms with Gasteiger partial charge in [0.1, 0.15) is 5.78 Å². The van der Waals surface area contributed by atoms with E-state index in [-0.39, 0.29) is 6.42 Å². The monoisotopic (exact) mass is 242 g/mol. The number of hydrogen-bond acceptors (Lipinski definition) is 3. The second-order valence-electron chi connectivity index (χ2n) is 4.88. The third-order valence-electron chi connectivity index (χ3n) is 3.69. The van der Waals surface area contributed by atoms with E-state index in [1.807, 2.05) is 11.8 Å². The van der Waals surface area contributed by atoms with Gasteiger partial charge in [0.2, 0.25) is 0 Å². The third-order valence-corrected chi connectivity index (χ3v) is 5.32. The summed E-state index contributed by atoms with van der Waals surface area (Å²) < 4.78 is 0. The number of Topliss-reactive ketones (excluding diaryl/α,β-unsaturated/α-hetero) is 1. The molecule has 0 aromatic rings. The molecule has 1 unspecified atom stereocenters. The zero-order valence-corrected chi connectivity index (χ0v) is 10.2. The summed E-state index contributed by atoms with van der Waals surface area (Å²) in [5.74, 6) is 2.10. The molecular formula is C12H18O3S. The van der Waals surface area contributed by atoms with E-state index >= 15 is 0 Å². The van der Waals surface area contributed by atoms with E-state index in [1.165, 1.54) is 0 Å². The van der Waals surface area contributed by atoms with Gasteiger partial charge in [-0.15, -0.1) is 0 Å². The van der Waals surface area contributed by atoms with Crippen molar-refractivity contribution in [2.45, 2.75) is 43.8 Å². The first-order valence-electron chi connectivity index (χ1n) is 6.02. The van der Waals surface area contributed by atoms with Crippen molar-refractivity contribution in [1.29, 1.82) is 0 Å². The largest absolute Gasteiger partial charge is 0.481 e. The summed E-state index contributed by atoms with van der Waals surface area (Å²) in [4.78, 5) is 21.7. The molecule has 2 rings (SSSR count). The Hall–Kier alpha value is -0.510. The molecule has 1 saturated heterocycles. The standard InChI is InChI=1S/C12H18O3S/c13-9-5-8-7-16-11(10(8)6-9)3-1-2-4-12(14)15/h8,10-11H,1-7H2,(H,14,15)/t8?,10-,11+/m1/s1. The molecule has 0 spiro atoms. The Balaban J connectivity index is 1.70. The normalized spacial score (nSPS) is 33.0. The first kappa shape index (κ1) is 12.0. The molecule has 0 radical (unpaired) electrons. The Morgan fingerprint density at radius 3 is 2.94 bits per heavy atom. The lowest BCUT2D eigenvalue weighted by Gasteiger charge is -2.16. The topological polar surface area (TPSA) is 54.4 Å². The van der Waals surface area contributed by atoms with Crippen LogP contribution in [-0.4, -0.2) is 27.9 Å². The van der Waals surface area contributed by atoms with E-state index in [0.29, 0.717) is 22.9 Å². The summed E-state index contributed by atoms with van der Waals surface area (Å²) in [6, 6.07) is 0. The summed E-state index contributed by atoms with van der Waals surface area (Å²) >= 11 is 2.00. The Morgan fingerprint density at radius 2 is 2.19 bits per heavy atom. The number of unbranched alkanes of at least 4 members (excludes halogenated alkanes) is 1. The van der Waals surface area contributed by atoms with Crippen LogP contribution < -0.4 is 0 Å². The quantitative estimate of drug-likeness (QED) is 0.752. The van der Waals surface area contributed by atoms with E-state index in [0.717, 1.165) is 37.9 Å². The van der Waals surface area contributed by atoms with Crippen molar-refractivity contribution < 1.29 is 14.7 Å². The number of carboxylic acid groups (broad SMARTS) is 1. The minimum absolute atomic E-state index is 0.282. The number of carboxylic acids is 1. The van der Waals surface area contributed by atoms with Crippen LogP contribution in [0.1, 0.15) is 38.5 Å². The molecule has 3 atom stereocenters. The van der Waals surface area contributed by atoms with Crippen LogP contribution in [0.3, 0.4) is 0 Å². The van der Waals surface area contributed by atoms with Crippen LogP contribution >= 0.6 is 11.8 Å². The summed E-state index contributed by atoms with van der Waals surface area (Å²) in [6.45, 7) is 0. The van der Waals surface area contributed by atoms with Gasteiger partial charge >= 0.3 is 5.97 Å². The molecule has 1 N–H and O–H groups in total. The number of fused-ring (bicyclic) bond motifs is 1. The number of carbonyl (C=O) groups excluding carboxylic acids is 1. The van der Waals surface area contributed by atoms with Crippen LogP contribution in [0.4, 0.5) is 0 Å². The van der Waals surface area contributed by atoms with Gasteiger partial charge in [0.05, 0.1) is 0 Å². The maximum atomic E-state index is 11.3. The molecule has 0 aromatic carbocycles. The van der Waals surface area contributed by atoms with Gasteiger partial charge < -0.3 is 5.11 Å². The van der Waals surface area contributed by atoms with E-state index in [4.69, 9.17) is 5.11 Å². The molecule has 2 aliphatic rings. The minimum Gasteiger partial charge on any atom is -0.481 e. The number of rotatable bonds is 5. The number of ketones is 1. The molecule has 0 amide bonds. The van der Waals surface area contributed by atoms with Gasteiger partial charge in [0, 0.05) is 24.5 Å². The number of carbonyl (C=O) groups is 2. The lowest BCUT2D eigenvalue weighted by Crippen LogP contribution is -2.14. The fourth-order valence-corrected chi connectivity index (χ4v) is 4.62. The van der Waals surface area contributed by atoms with Gasteiger partial charge in [0.15, 0.2) is 0 Å². The predicted molar refractivity (Wildman–Crippen MR) is 63.6 cm³/mol. The highest BCUT2D eigenvalue weighted by atomic mass is 32.2. The highest BCUT2D eigenvalue weighted by molar-refractivity contribution is 8.00. The fourth-order valence-electron chi connectivity index (χ4n) is 2.86. The molecule has 0 bridgehead atoms. The second-order valence-corrected chi connectivity index (χ2v) is 6.15. The summed E-state index contributed by atoms with van der Waals surface area (Å²) in [6.07, 6.45) is 4.71. The van der Waals surface area contributed by atoms with Gasteiger partial charge in [-0.05, 0) is 30.4 Å². The van der Waals surface area contributed by atoms with Crippen molar-refractivity contribution in [2.75, 3.05) is 5.75 Å². The summed E-state index contributed by atoms with van der Waals surface area (Å²) in [5, 5.41) is 9.16. The Kier molecular flexibility index (Phi) is 3.90. The van der Waals surface area contributed by atoms with Crippen molar-refractivity contribution in [2.24, 2.45) is 11.8 Å². The Morgan fingerprint density at radius 1 is 1.38 bits per heavy atom. The molecule has 90 valence electrons. The molecule has 16 heavy (non-hydrogen) atoms. The van der Waals surface area contributed by atoms with Crippen LogP contribution in [-0.2, 0) is 9.59 Å². The van der Waals surface area contributed by atoms with Crippen LogP contribution in [0.25, 0.3) is 0 Å². The molecule has 2 fully saturated rings. The van der Waals surface area contributed by atoms with Crippen LogP contribution in [0.15, 0.2) is 0 Å². The van der Waals surface area contributed by atoms with Crippen LogP contribution in [0, 0.1) is 11.8 Å². The highest BCUT2D eigenvalue weighted by Crippen LogP contribution is 2.47. The lowest BCUT2D eigenvalue weighted by atomic mass is 9.92. The molecule has 1 aliphatic carbocycles. The first-order chi connectivity index (χ1) is 7.66.